The van der Waals surface area contributed by atoms with Crippen molar-refractivity contribution in [2.75, 3.05) is 6.54 Å². The fourth-order valence-electron chi connectivity index (χ4n) is 3.53. The lowest BCUT2D eigenvalue weighted by Gasteiger charge is -2.35. The largest absolute Gasteiger partial charge is 0.335 e. The van der Waals surface area contributed by atoms with Gasteiger partial charge in [-0.1, -0.05) is 35.0 Å². The topological polar surface area (TPSA) is 33.2 Å². The third kappa shape index (κ3) is 3.50. The van der Waals surface area contributed by atoms with Gasteiger partial charge in [-0.3, -0.25) is 4.79 Å². The Morgan fingerprint density at radius 1 is 1.35 bits per heavy atom. The zero-order valence-corrected chi connectivity index (χ0v) is 17.7. The van der Waals surface area contributed by atoms with Gasteiger partial charge in [0.05, 0.1) is 18.2 Å². The predicted molar refractivity (Wildman–Crippen MR) is 112 cm³/mol. The van der Waals surface area contributed by atoms with Crippen molar-refractivity contribution in [2.45, 2.75) is 32.2 Å². The molecule has 6 heteroatoms. The molecule has 1 unspecified atom stereocenters. The summed E-state index contributed by atoms with van der Waals surface area (Å²) in [5, 5.41) is 5.11. The highest BCUT2D eigenvalue weighted by atomic mass is 79.9. The van der Waals surface area contributed by atoms with Crippen molar-refractivity contribution in [1.82, 2.24) is 9.88 Å². The van der Waals surface area contributed by atoms with Gasteiger partial charge >= 0.3 is 0 Å². The molecule has 0 spiro atoms. The van der Waals surface area contributed by atoms with Gasteiger partial charge in [0.2, 0.25) is 5.91 Å². The van der Waals surface area contributed by atoms with E-state index in [0.717, 1.165) is 40.1 Å². The van der Waals surface area contributed by atoms with Crippen molar-refractivity contribution in [3.8, 4) is 10.6 Å². The summed E-state index contributed by atoms with van der Waals surface area (Å²) in [4.78, 5) is 21.1. The smallest absolute Gasteiger partial charge is 0.229 e. The second kappa shape index (κ2) is 7.62. The normalized spacial score (nSPS) is 16.5. The van der Waals surface area contributed by atoms with Gasteiger partial charge in [0.1, 0.15) is 5.01 Å². The third-order valence-corrected chi connectivity index (χ3v) is 7.19. The number of benzene rings is 1. The molecule has 0 bridgehead atoms. The Labute approximate surface area is 169 Å². The lowest BCUT2D eigenvalue weighted by atomic mass is 9.97. The van der Waals surface area contributed by atoms with E-state index < -0.39 is 0 Å². The monoisotopic (exact) mass is 446 g/mol. The first-order valence-corrected chi connectivity index (χ1v) is 11.3. The molecule has 0 N–H and O–H groups in total. The van der Waals surface area contributed by atoms with Crippen molar-refractivity contribution in [3.63, 3.8) is 0 Å². The number of carbonyl (C=O) groups excluding carboxylic acids is 1. The van der Waals surface area contributed by atoms with Gasteiger partial charge in [-0.05, 0) is 42.0 Å². The van der Waals surface area contributed by atoms with Gasteiger partial charge in [0.25, 0.3) is 0 Å². The molecule has 134 valence electrons. The van der Waals surface area contributed by atoms with E-state index >= 15 is 0 Å². The second-order valence-electron chi connectivity index (χ2n) is 6.39. The van der Waals surface area contributed by atoms with E-state index in [1.54, 1.807) is 11.3 Å². The highest BCUT2D eigenvalue weighted by Crippen LogP contribution is 2.35. The zero-order valence-electron chi connectivity index (χ0n) is 14.4. The lowest BCUT2D eigenvalue weighted by molar-refractivity contribution is -0.133. The van der Waals surface area contributed by atoms with E-state index in [1.807, 2.05) is 39.8 Å². The Bertz CT molecular complexity index is 933. The summed E-state index contributed by atoms with van der Waals surface area (Å²) >= 11 is 6.91. The van der Waals surface area contributed by atoms with Crippen LogP contribution in [-0.4, -0.2) is 22.3 Å². The molecular formula is C20H19BrN2OS2. The first-order valence-electron chi connectivity index (χ1n) is 8.71. The molecule has 0 radical (unpaired) electrons. The van der Waals surface area contributed by atoms with E-state index in [-0.39, 0.29) is 11.9 Å². The number of aromatic nitrogens is 1. The number of thiazole rings is 1. The van der Waals surface area contributed by atoms with E-state index in [1.165, 1.54) is 10.4 Å². The van der Waals surface area contributed by atoms with Gasteiger partial charge in [-0.25, -0.2) is 4.98 Å². The van der Waals surface area contributed by atoms with Crippen molar-refractivity contribution in [1.29, 1.82) is 0 Å². The number of amides is 1. The number of nitrogens with zero attached hydrogens (tertiary/aromatic N) is 2. The Kier molecular flexibility index (Phi) is 5.25. The van der Waals surface area contributed by atoms with Crippen LogP contribution < -0.4 is 0 Å². The molecule has 4 rings (SSSR count). The van der Waals surface area contributed by atoms with Crippen molar-refractivity contribution in [3.05, 3.63) is 61.7 Å². The molecule has 1 atom stereocenters. The minimum absolute atomic E-state index is 0.180. The quantitative estimate of drug-likeness (QED) is 0.513. The van der Waals surface area contributed by atoms with Crippen LogP contribution in [-0.2, 0) is 17.6 Å². The number of halogens is 1. The zero-order chi connectivity index (χ0) is 18.1. The van der Waals surface area contributed by atoms with Crippen LogP contribution in [0.5, 0.6) is 0 Å². The van der Waals surface area contributed by atoms with Gasteiger partial charge in [-0.2, -0.15) is 0 Å². The highest BCUT2D eigenvalue weighted by Gasteiger charge is 2.30. The Morgan fingerprint density at radius 2 is 2.23 bits per heavy atom. The number of hydrogen-bond acceptors (Lipinski definition) is 4. The molecule has 1 aromatic carbocycles. The Balaban J connectivity index is 1.50. The molecule has 2 aromatic heterocycles. The van der Waals surface area contributed by atoms with E-state index in [2.05, 4.69) is 40.4 Å². The van der Waals surface area contributed by atoms with Crippen LogP contribution in [0.4, 0.5) is 0 Å². The summed E-state index contributed by atoms with van der Waals surface area (Å²) in [7, 11) is 0. The van der Waals surface area contributed by atoms with Crippen LogP contribution in [0.25, 0.3) is 10.6 Å². The summed E-state index contributed by atoms with van der Waals surface area (Å²) in [5.41, 5.74) is 3.28. The number of carbonyl (C=O) groups is 1. The van der Waals surface area contributed by atoms with Crippen LogP contribution in [0.3, 0.4) is 0 Å². The molecule has 0 fully saturated rings. The summed E-state index contributed by atoms with van der Waals surface area (Å²) < 4.78 is 1.04. The molecular weight excluding hydrogens is 428 g/mol. The van der Waals surface area contributed by atoms with Crippen molar-refractivity contribution in [2.24, 2.45) is 0 Å². The summed E-state index contributed by atoms with van der Waals surface area (Å²) in [6.07, 6.45) is 2.30. The fourth-order valence-corrected chi connectivity index (χ4v) is 5.68. The summed E-state index contributed by atoms with van der Waals surface area (Å²) in [5.74, 6) is 0.180. The van der Waals surface area contributed by atoms with Crippen LogP contribution in [0.15, 0.2) is 45.6 Å². The minimum atomic E-state index is 0.180. The highest BCUT2D eigenvalue weighted by molar-refractivity contribution is 9.10. The Hall–Kier alpha value is -1.50. The van der Waals surface area contributed by atoms with Gasteiger partial charge in [0.15, 0.2) is 0 Å². The molecule has 1 aliphatic heterocycles. The fraction of sp³-hybridized carbons (Fsp3) is 0.300. The summed E-state index contributed by atoms with van der Waals surface area (Å²) in [6.45, 7) is 2.97. The first-order chi connectivity index (χ1) is 12.7. The SMILES string of the molecule is CCC1c2ccsc2CCN1C(=O)Cc1csc(-c2cccc(Br)c2)n1. The van der Waals surface area contributed by atoms with Crippen LogP contribution in [0.1, 0.15) is 35.5 Å². The predicted octanol–water partition coefficient (Wildman–Crippen LogP) is 5.71. The summed E-state index contributed by atoms with van der Waals surface area (Å²) in [6, 6.07) is 10.5. The van der Waals surface area contributed by atoms with Gasteiger partial charge in [-0.15, -0.1) is 22.7 Å². The standard InChI is InChI=1S/C20H19BrN2OS2/c1-2-17-16-7-9-25-18(16)6-8-23(17)19(24)11-15-12-26-20(22-15)13-4-3-5-14(21)10-13/h3-5,7,9-10,12,17H,2,6,8,11H2,1H3. The van der Waals surface area contributed by atoms with Gasteiger partial charge in [0, 0.05) is 26.8 Å². The Morgan fingerprint density at radius 3 is 3.04 bits per heavy atom. The molecule has 1 aliphatic rings. The van der Waals surface area contributed by atoms with Crippen molar-refractivity contribution >= 4 is 44.5 Å². The molecule has 0 saturated carbocycles. The van der Waals surface area contributed by atoms with Crippen LogP contribution >= 0.6 is 38.6 Å². The molecule has 0 saturated heterocycles. The molecule has 3 nitrogen and oxygen atoms in total. The van der Waals surface area contributed by atoms with Gasteiger partial charge < -0.3 is 4.90 Å². The van der Waals surface area contributed by atoms with Crippen molar-refractivity contribution < 1.29 is 4.79 Å². The molecule has 0 aliphatic carbocycles. The third-order valence-electron chi connectivity index (χ3n) is 4.76. The van der Waals surface area contributed by atoms with E-state index in [4.69, 9.17) is 4.98 Å². The maximum Gasteiger partial charge on any atom is 0.229 e. The van der Waals surface area contributed by atoms with E-state index in [0.29, 0.717) is 6.42 Å². The first kappa shape index (κ1) is 17.9. The van der Waals surface area contributed by atoms with E-state index in [9.17, 15) is 4.79 Å². The molecule has 1 amide bonds. The van der Waals surface area contributed by atoms with Crippen LogP contribution in [0.2, 0.25) is 0 Å². The minimum Gasteiger partial charge on any atom is -0.335 e. The molecule has 3 heterocycles. The number of rotatable bonds is 4. The van der Waals surface area contributed by atoms with Crippen LogP contribution in [0, 0.1) is 0 Å². The lowest BCUT2D eigenvalue weighted by Crippen LogP contribution is -2.40. The number of fused-ring (bicyclic) bond motifs is 1. The maximum absolute atomic E-state index is 13.0. The number of thiophene rings is 1. The second-order valence-corrected chi connectivity index (χ2v) is 9.17. The number of hydrogen-bond donors (Lipinski definition) is 0. The average Bonchev–Trinajstić information content (AvgIpc) is 3.29. The maximum atomic E-state index is 13.0. The molecule has 26 heavy (non-hydrogen) atoms. The molecule has 3 aromatic rings. The average molecular weight is 447 g/mol.